The van der Waals surface area contributed by atoms with Gasteiger partial charge in [-0.25, -0.2) is 4.39 Å². The summed E-state index contributed by atoms with van der Waals surface area (Å²) in [6.45, 7) is 0. The Kier molecular flexibility index (Phi) is 3.11. The van der Waals surface area contributed by atoms with E-state index in [0.717, 1.165) is 6.07 Å². The van der Waals surface area contributed by atoms with E-state index in [0.29, 0.717) is 11.3 Å². The van der Waals surface area contributed by atoms with Crippen LogP contribution >= 0.6 is 11.6 Å². The molecule has 0 heterocycles. The summed E-state index contributed by atoms with van der Waals surface area (Å²) >= 11 is 5.86. The quantitative estimate of drug-likeness (QED) is 0.656. The molecule has 0 saturated heterocycles. The van der Waals surface area contributed by atoms with Gasteiger partial charge in [0.15, 0.2) is 5.78 Å². The zero-order chi connectivity index (χ0) is 12.4. The van der Waals surface area contributed by atoms with E-state index in [4.69, 9.17) is 17.3 Å². The number of hydrogen-bond acceptors (Lipinski definition) is 2. The van der Waals surface area contributed by atoms with Crippen LogP contribution in [0.3, 0.4) is 0 Å². The Morgan fingerprint density at radius 2 is 1.76 bits per heavy atom. The first-order chi connectivity index (χ1) is 8.08. The molecular formula is C13H9ClFNO. The van der Waals surface area contributed by atoms with Crippen molar-refractivity contribution >= 4 is 23.1 Å². The Morgan fingerprint density at radius 3 is 2.41 bits per heavy atom. The van der Waals surface area contributed by atoms with Gasteiger partial charge in [0.2, 0.25) is 0 Å². The van der Waals surface area contributed by atoms with Crippen LogP contribution in [0.1, 0.15) is 15.9 Å². The fourth-order valence-corrected chi connectivity index (χ4v) is 1.66. The minimum absolute atomic E-state index is 0.149. The number of ketones is 1. The summed E-state index contributed by atoms with van der Waals surface area (Å²) in [6, 6.07) is 10.1. The molecule has 2 nitrogen and oxygen atoms in total. The van der Waals surface area contributed by atoms with E-state index in [1.54, 1.807) is 24.3 Å². The van der Waals surface area contributed by atoms with Crippen LogP contribution in [-0.2, 0) is 0 Å². The normalized spacial score (nSPS) is 10.2. The van der Waals surface area contributed by atoms with Crippen molar-refractivity contribution in [2.75, 3.05) is 5.73 Å². The van der Waals surface area contributed by atoms with E-state index in [1.165, 1.54) is 12.1 Å². The van der Waals surface area contributed by atoms with Crippen molar-refractivity contribution in [3.63, 3.8) is 0 Å². The zero-order valence-electron chi connectivity index (χ0n) is 8.78. The third-order valence-corrected chi connectivity index (χ3v) is 2.68. The van der Waals surface area contributed by atoms with Gasteiger partial charge in [-0.1, -0.05) is 11.6 Å². The largest absolute Gasteiger partial charge is 0.399 e. The summed E-state index contributed by atoms with van der Waals surface area (Å²) in [5.41, 5.74) is 6.66. The zero-order valence-corrected chi connectivity index (χ0v) is 9.54. The molecule has 0 aliphatic rings. The molecule has 2 N–H and O–H groups in total. The van der Waals surface area contributed by atoms with Crippen LogP contribution < -0.4 is 5.73 Å². The van der Waals surface area contributed by atoms with Crippen LogP contribution in [-0.4, -0.2) is 5.78 Å². The van der Waals surface area contributed by atoms with Gasteiger partial charge in [0, 0.05) is 16.8 Å². The predicted octanol–water partition coefficient (Wildman–Crippen LogP) is 3.29. The fraction of sp³-hybridized carbons (Fsp3) is 0. The van der Waals surface area contributed by atoms with Gasteiger partial charge in [0.1, 0.15) is 5.82 Å². The summed E-state index contributed by atoms with van der Waals surface area (Å²) < 4.78 is 13.1. The molecule has 0 unspecified atom stereocenters. The first kappa shape index (κ1) is 11.6. The van der Waals surface area contributed by atoms with Gasteiger partial charge in [-0.3, -0.25) is 4.79 Å². The molecule has 0 radical (unpaired) electrons. The molecule has 0 aliphatic carbocycles. The molecule has 0 aliphatic heterocycles. The molecule has 4 heteroatoms. The van der Waals surface area contributed by atoms with Gasteiger partial charge in [-0.2, -0.15) is 0 Å². The molecule has 0 saturated carbocycles. The molecule has 2 aromatic carbocycles. The maximum Gasteiger partial charge on any atom is 0.194 e. The van der Waals surface area contributed by atoms with E-state index in [1.807, 2.05) is 0 Å². The molecule has 0 atom stereocenters. The summed E-state index contributed by atoms with van der Waals surface area (Å²) in [4.78, 5) is 12.0. The number of carbonyl (C=O) groups excluding carboxylic acids is 1. The Labute approximate surface area is 103 Å². The maximum atomic E-state index is 13.1. The molecule has 0 spiro atoms. The molecular weight excluding hydrogens is 241 g/mol. The molecule has 0 aromatic heterocycles. The topological polar surface area (TPSA) is 43.1 Å². The standard InChI is InChI=1S/C13H9ClFNO/c14-12-6-3-9(15)7-11(12)13(17)8-1-4-10(16)5-2-8/h1-7H,16H2. The highest BCUT2D eigenvalue weighted by atomic mass is 35.5. The van der Waals surface area contributed by atoms with Crippen molar-refractivity contribution in [1.29, 1.82) is 0 Å². The van der Waals surface area contributed by atoms with E-state index < -0.39 is 5.82 Å². The smallest absolute Gasteiger partial charge is 0.194 e. The lowest BCUT2D eigenvalue weighted by atomic mass is 10.0. The summed E-state index contributed by atoms with van der Waals surface area (Å²) in [7, 11) is 0. The van der Waals surface area contributed by atoms with Crippen LogP contribution in [0.25, 0.3) is 0 Å². The minimum Gasteiger partial charge on any atom is -0.399 e. The highest BCUT2D eigenvalue weighted by Crippen LogP contribution is 2.21. The average molecular weight is 250 g/mol. The molecule has 2 rings (SSSR count). The lowest BCUT2D eigenvalue weighted by Gasteiger charge is -2.04. The van der Waals surface area contributed by atoms with Crippen LogP contribution in [0, 0.1) is 5.82 Å². The number of halogens is 2. The Morgan fingerprint density at radius 1 is 1.12 bits per heavy atom. The van der Waals surface area contributed by atoms with Crippen LogP contribution in [0.4, 0.5) is 10.1 Å². The minimum atomic E-state index is -0.492. The number of rotatable bonds is 2. The van der Waals surface area contributed by atoms with Crippen molar-refractivity contribution in [2.24, 2.45) is 0 Å². The third kappa shape index (κ3) is 2.45. The Hall–Kier alpha value is -1.87. The number of hydrogen-bond donors (Lipinski definition) is 1. The molecule has 0 bridgehead atoms. The number of anilines is 1. The van der Waals surface area contributed by atoms with Gasteiger partial charge in [-0.15, -0.1) is 0 Å². The number of nitrogens with two attached hydrogens (primary N) is 1. The first-order valence-corrected chi connectivity index (χ1v) is 5.31. The Bertz CT molecular complexity index is 566. The van der Waals surface area contributed by atoms with Gasteiger partial charge in [-0.05, 0) is 42.5 Å². The van der Waals surface area contributed by atoms with Gasteiger partial charge in [0.05, 0.1) is 5.02 Å². The second-order valence-corrected chi connectivity index (χ2v) is 3.98. The van der Waals surface area contributed by atoms with Crippen molar-refractivity contribution in [3.05, 3.63) is 64.4 Å². The van der Waals surface area contributed by atoms with Crippen molar-refractivity contribution in [2.45, 2.75) is 0 Å². The van der Waals surface area contributed by atoms with E-state index in [2.05, 4.69) is 0 Å². The van der Waals surface area contributed by atoms with E-state index in [-0.39, 0.29) is 16.4 Å². The third-order valence-electron chi connectivity index (χ3n) is 2.35. The Balaban J connectivity index is 2.43. The van der Waals surface area contributed by atoms with Crippen LogP contribution in [0.2, 0.25) is 5.02 Å². The van der Waals surface area contributed by atoms with Gasteiger partial charge in [0.25, 0.3) is 0 Å². The number of nitrogen functional groups attached to an aromatic ring is 1. The molecule has 0 fully saturated rings. The monoisotopic (exact) mass is 249 g/mol. The lowest BCUT2D eigenvalue weighted by molar-refractivity contribution is 0.103. The van der Waals surface area contributed by atoms with E-state index in [9.17, 15) is 9.18 Å². The summed E-state index contributed by atoms with van der Waals surface area (Å²) in [5.74, 6) is -0.817. The summed E-state index contributed by atoms with van der Waals surface area (Å²) in [5, 5.41) is 0.230. The fourth-order valence-electron chi connectivity index (χ4n) is 1.46. The highest BCUT2D eigenvalue weighted by molar-refractivity contribution is 6.35. The average Bonchev–Trinajstić information content (AvgIpc) is 2.32. The van der Waals surface area contributed by atoms with Crippen molar-refractivity contribution in [1.82, 2.24) is 0 Å². The molecule has 17 heavy (non-hydrogen) atoms. The maximum absolute atomic E-state index is 13.1. The number of carbonyl (C=O) groups is 1. The first-order valence-electron chi connectivity index (χ1n) is 4.93. The van der Waals surface area contributed by atoms with Crippen molar-refractivity contribution in [3.8, 4) is 0 Å². The summed E-state index contributed by atoms with van der Waals surface area (Å²) in [6.07, 6.45) is 0. The van der Waals surface area contributed by atoms with E-state index >= 15 is 0 Å². The highest BCUT2D eigenvalue weighted by Gasteiger charge is 2.13. The second-order valence-electron chi connectivity index (χ2n) is 3.58. The van der Waals surface area contributed by atoms with Crippen LogP contribution in [0.15, 0.2) is 42.5 Å². The number of benzene rings is 2. The molecule has 86 valence electrons. The SMILES string of the molecule is Nc1ccc(C(=O)c2cc(F)ccc2Cl)cc1. The lowest BCUT2D eigenvalue weighted by Crippen LogP contribution is -2.03. The molecule has 2 aromatic rings. The van der Waals surface area contributed by atoms with Crippen LogP contribution in [0.5, 0.6) is 0 Å². The van der Waals surface area contributed by atoms with Gasteiger partial charge < -0.3 is 5.73 Å². The van der Waals surface area contributed by atoms with Crippen molar-refractivity contribution < 1.29 is 9.18 Å². The second kappa shape index (κ2) is 4.55. The van der Waals surface area contributed by atoms with Gasteiger partial charge >= 0.3 is 0 Å². The molecule has 0 amide bonds. The predicted molar refractivity (Wildman–Crippen MR) is 65.7 cm³/mol.